The van der Waals surface area contributed by atoms with Crippen LogP contribution in [0.4, 0.5) is 13.2 Å². The molecule has 0 fully saturated rings. The molecule has 0 saturated heterocycles. The molecule has 0 aliphatic heterocycles. The van der Waals surface area contributed by atoms with Crippen LogP contribution in [0.25, 0.3) is 22.2 Å². The number of benzene rings is 2. The van der Waals surface area contributed by atoms with Gasteiger partial charge in [-0.1, -0.05) is 23.7 Å². The topological polar surface area (TPSA) is 70.2 Å². The number of carbonyl (C=O) groups is 1. The second kappa shape index (κ2) is 9.74. The highest BCUT2D eigenvalue weighted by molar-refractivity contribution is 6.30. The van der Waals surface area contributed by atoms with Gasteiger partial charge in [0.25, 0.3) is 11.7 Å². The Morgan fingerprint density at radius 2 is 1.81 bits per heavy atom. The minimum atomic E-state index is -4.86. The Bertz CT molecular complexity index is 1580. The molecule has 0 spiro atoms. The largest absolute Gasteiger partial charge is 0.494 e. The number of alkyl halides is 3. The van der Waals surface area contributed by atoms with Gasteiger partial charge in [0.05, 0.1) is 18.4 Å². The number of oxazole rings is 1. The first-order valence-corrected chi connectivity index (χ1v) is 11.7. The van der Waals surface area contributed by atoms with Gasteiger partial charge in [0, 0.05) is 40.4 Å². The van der Waals surface area contributed by atoms with E-state index in [2.05, 4.69) is 9.97 Å². The summed E-state index contributed by atoms with van der Waals surface area (Å²) in [5, 5.41) is 0.546. The van der Waals surface area contributed by atoms with Crippen molar-refractivity contribution >= 4 is 28.3 Å². The Morgan fingerprint density at radius 3 is 2.49 bits per heavy atom. The van der Waals surface area contributed by atoms with E-state index in [1.165, 1.54) is 30.7 Å². The van der Waals surface area contributed by atoms with Crippen LogP contribution < -0.4 is 4.74 Å². The SMILES string of the molecule is CCOc1ccc2c(c1)c(C(=O)c1ncc(-c3ccncc3)o1)c(C(F)(F)F)n2Cc1ccc(Cl)cc1. The van der Waals surface area contributed by atoms with Crippen LogP contribution in [0, 0.1) is 0 Å². The second-order valence-electron chi connectivity index (χ2n) is 8.14. The van der Waals surface area contributed by atoms with E-state index >= 15 is 0 Å². The van der Waals surface area contributed by atoms with Crippen LogP contribution in [-0.4, -0.2) is 26.9 Å². The van der Waals surface area contributed by atoms with E-state index in [0.29, 0.717) is 28.5 Å². The summed E-state index contributed by atoms with van der Waals surface area (Å²) in [5.41, 5.74) is -0.270. The maximum absolute atomic E-state index is 14.6. The Balaban J connectivity index is 1.71. The van der Waals surface area contributed by atoms with E-state index in [1.54, 1.807) is 49.4 Å². The summed E-state index contributed by atoms with van der Waals surface area (Å²) >= 11 is 5.95. The quantitative estimate of drug-likeness (QED) is 0.213. The zero-order valence-electron chi connectivity index (χ0n) is 19.4. The zero-order chi connectivity index (χ0) is 26.2. The first-order valence-electron chi connectivity index (χ1n) is 11.3. The first-order chi connectivity index (χ1) is 17.8. The molecule has 0 bridgehead atoms. The van der Waals surface area contributed by atoms with Crippen LogP contribution in [0.5, 0.6) is 5.75 Å². The van der Waals surface area contributed by atoms with Crippen molar-refractivity contribution in [1.29, 1.82) is 0 Å². The summed E-state index contributed by atoms with van der Waals surface area (Å²) in [4.78, 5) is 21.5. The number of ketones is 1. The number of carbonyl (C=O) groups excluding carboxylic acids is 1. The molecular formula is C27H19ClF3N3O3. The number of hydrogen-bond donors (Lipinski definition) is 0. The maximum Gasteiger partial charge on any atom is 0.432 e. The van der Waals surface area contributed by atoms with Gasteiger partial charge in [-0.3, -0.25) is 9.78 Å². The molecule has 10 heteroatoms. The summed E-state index contributed by atoms with van der Waals surface area (Å²) in [6.45, 7) is 1.93. The zero-order valence-corrected chi connectivity index (χ0v) is 20.2. The monoisotopic (exact) mass is 525 g/mol. The molecule has 0 amide bonds. The fraction of sp³-hybridized carbons (Fsp3) is 0.148. The van der Waals surface area contributed by atoms with Crippen LogP contribution in [0.3, 0.4) is 0 Å². The molecule has 5 rings (SSSR count). The lowest BCUT2D eigenvalue weighted by atomic mass is 10.1. The van der Waals surface area contributed by atoms with Crippen molar-refractivity contribution in [3.8, 4) is 17.1 Å². The molecule has 0 aliphatic carbocycles. The summed E-state index contributed by atoms with van der Waals surface area (Å²) in [6, 6.07) is 14.3. The molecule has 3 aromatic heterocycles. The average Bonchev–Trinajstić information content (AvgIpc) is 3.49. The van der Waals surface area contributed by atoms with Gasteiger partial charge in [0.15, 0.2) is 5.76 Å². The van der Waals surface area contributed by atoms with E-state index in [9.17, 15) is 18.0 Å². The van der Waals surface area contributed by atoms with Gasteiger partial charge in [-0.15, -0.1) is 0 Å². The summed E-state index contributed by atoms with van der Waals surface area (Å²) in [6.07, 6.45) is -0.501. The lowest BCUT2D eigenvalue weighted by Gasteiger charge is -2.14. The molecule has 0 atom stereocenters. The fourth-order valence-electron chi connectivity index (χ4n) is 4.19. The summed E-state index contributed by atoms with van der Waals surface area (Å²) < 4.78 is 56.1. The maximum atomic E-state index is 14.6. The van der Waals surface area contributed by atoms with Gasteiger partial charge in [-0.2, -0.15) is 13.2 Å². The van der Waals surface area contributed by atoms with Gasteiger partial charge in [0.1, 0.15) is 11.4 Å². The van der Waals surface area contributed by atoms with Gasteiger partial charge < -0.3 is 13.7 Å². The van der Waals surface area contributed by atoms with Crippen molar-refractivity contribution < 1.29 is 27.1 Å². The molecule has 2 aromatic carbocycles. The normalized spacial score (nSPS) is 11.7. The van der Waals surface area contributed by atoms with Crippen LogP contribution >= 0.6 is 11.6 Å². The molecule has 37 heavy (non-hydrogen) atoms. The summed E-state index contributed by atoms with van der Waals surface area (Å²) in [5.74, 6) is -0.865. The number of aromatic nitrogens is 3. The number of nitrogens with zero attached hydrogens (tertiary/aromatic N) is 3. The van der Waals surface area contributed by atoms with E-state index < -0.39 is 29.1 Å². The summed E-state index contributed by atoms with van der Waals surface area (Å²) in [7, 11) is 0. The molecule has 0 saturated carbocycles. The predicted molar refractivity (Wildman–Crippen MR) is 132 cm³/mol. The Kier molecular flexibility index (Phi) is 6.47. The predicted octanol–water partition coefficient (Wildman–Crippen LogP) is 7.04. The van der Waals surface area contributed by atoms with E-state index in [0.717, 1.165) is 4.57 Å². The lowest BCUT2D eigenvalue weighted by Crippen LogP contribution is -2.18. The highest BCUT2D eigenvalue weighted by Gasteiger charge is 2.42. The number of ether oxygens (including phenoxy) is 1. The van der Waals surface area contributed by atoms with Crippen molar-refractivity contribution in [3.63, 3.8) is 0 Å². The molecule has 3 heterocycles. The van der Waals surface area contributed by atoms with Crippen LogP contribution in [0.1, 0.15) is 34.4 Å². The van der Waals surface area contributed by atoms with Gasteiger partial charge in [-0.25, -0.2) is 4.98 Å². The third kappa shape index (κ3) is 4.82. The van der Waals surface area contributed by atoms with Crippen molar-refractivity contribution in [1.82, 2.24) is 14.5 Å². The average molecular weight is 526 g/mol. The van der Waals surface area contributed by atoms with E-state index in [1.807, 2.05) is 0 Å². The number of fused-ring (bicyclic) bond motifs is 1. The Labute approximate surface area is 214 Å². The Hall–Kier alpha value is -4.11. The van der Waals surface area contributed by atoms with Crippen LogP contribution in [0.2, 0.25) is 5.02 Å². The Morgan fingerprint density at radius 1 is 1.08 bits per heavy atom. The number of hydrogen-bond acceptors (Lipinski definition) is 5. The van der Waals surface area contributed by atoms with Gasteiger partial charge in [0.2, 0.25) is 0 Å². The molecule has 6 nitrogen and oxygen atoms in total. The van der Waals surface area contributed by atoms with Gasteiger partial charge in [-0.05, 0) is 55.0 Å². The highest BCUT2D eigenvalue weighted by atomic mass is 35.5. The molecule has 0 aliphatic rings. The van der Waals surface area contributed by atoms with E-state index in [-0.39, 0.29) is 23.2 Å². The minimum absolute atomic E-state index is 0.0842. The van der Waals surface area contributed by atoms with Crippen molar-refractivity contribution in [2.24, 2.45) is 0 Å². The van der Waals surface area contributed by atoms with Crippen LogP contribution in [-0.2, 0) is 12.7 Å². The number of pyridine rings is 1. The minimum Gasteiger partial charge on any atom is -0.494 e. The lowest BCUT2D eigenvalue weighted by molar-refractivity contribution is -0.143. The van der Waals surface area contributed by atoms with Gasteiger partial charge >= 0.3 is 6.18 Å². The molecule has 0 unspecified atom stereocenters. The number of halogens is 4. The molecule has 5 aromatic rings. The smallest absolute Gasteiger partial charge is 0.432 e. The fourth-order valence-corrected chi connectivity index (χ4v) is 4.31. The molecule has 0 N–H and O–H groups in total. The van der Waals surface area contributed by atoms with Crippen LogP contribution in [0.15, 0.2) is 77.6 Å². The second-order valence-corrected chi connectivity index (χ2v) is 8.58. The first kappa shape index (κ1) is 24.6. The van der Waals surface area contributed by atoms with E-state index in [4.69, 9.17) is 20.8 Å². The molecule has 188 valence electrons. The van der Waals surface area contributed by atoms with Crippen molar-refractivity contribution in [2.45, 2.75) is 19.6 Å². The molecular weight excluding hydrogens is 507 g/mol. The number of rotatable bonds is 7. The van der Waals surface area contributed by atoms with Crippen molar-refractivity contribution in [3.05, 3.63) is 101 Å². The molecule has 0 radical (unpaired) electrons. The standard InChI is InChI=1S/C27H19ClF3N3O3/c1-2-36-19-7-8-21-20(13-19)23(24(35)26-33-14-22(37-26)17-9-11-32-12-10-17)25(27(29,30)31)34(21)15-16-3-5-18(28)6-4-16/h3-14H,2,15H2,1H3. The third-order valence-electron chi connectivity index (χ3n) is 5.76. The third-order valence-corrected chi connectivity index (χ3v) is 6.01. The van der Waals surface area contributed by atoms with Crippen molar-refractivity contribution in [2.75, 3.05) is 6.61 Å². The highest BCUT2D eigenvalue weighted by Crippen LogP contribution is 2.41.